The molecular weight excluding hydrogens is 358 g/mol. The van der Waals surface area contributed by atoms with E-state index in [1.54, 1.807) is 23.8 Å². The number of carbonyl (C=O) groups excluding carboxylic acids is 2. The lowest BCUT2D eigenvalue weighted by Gasteiger charge is -2.46. The number of amides is 2. The fourth-order valence-corrected chi connectivity index (χ4v) is 2.97. The van der Waals surface area contributed by atoms with Gasteiger partial charge in [0.1, 0.15) is 25.5 Å². The minimum atomic E-state index is -1.17. The third-order valence-corrected chi connectivity index (χ3v) is 4.77. The highest BCUT2D eigenvalue weighted by Gasteiger charge is 2.45. The quantitative estimate of drug-likeness (QED) is 0.717. The highest BCUT2D eigenvalue weighted by atomic mass is 16.7. The SMILES string of the molecule is CON1CN(c2ccccc2)C(=O)N(C(C)(C)C(=O)OCc2ccccc2)C1. The summed E-state index contributed by atoms with van der Waals surface area (Å²) >= 11 is 0. The molecule has 0 N–H and O–H groups in total. The van der Waals surface area contributed by atoms with Crippen molar-refractivity contribution in [2.45, 2.75) is 26.0 Å². The number of nitrogens with zero attached hydrogens (tertiary/aromatic N) is 3. The average molecular weight is 383 g/mol. The molecule has 28 heavy (non-hydrogen) atoms. The monoisotopic (exact) mass is 383 g/mol. The van der Waals surface area contributed by atoms with Gasteiger partial charge in [-0.05, 0) is 31.5 Å². The molecule has 3 rings (SSSR count). The Morgan fingerprint density at radius 3 is 2.21 bits per heavy atom. The van der Waals surface area contributed by atoms with Crippen molar-refractivity contribution < 1.29 is 19.2 Å². The number of ether oxygens (including phenoxy) is 1. The molecule has 0 aliphatic carbocycles. The van der Waals surface area contributed by atoms with Crippen LogP contribution in [0.25, 0.3) is 0 Å². The van der Waals surface area contributed by atoms with Crippen LogP contribution in [0.4, 0.5) is 10.5 Å². The number of hydroxylamine groups is 2. The van der Waals surface area contributed by atoms with Gasteiger partial charge in [0.05, 0.1) is 7.11 Å². The Hall–Kier alpha value is -2.90. The van der Waals surface area contributed by atoms with E-state index < -0.39 is 11.5 Å². The highest BCUT2D eigenvalue weighted by molar-refractivity contribution is 5.96. The van der Waals surface area contributed by atoms with Crippen molar-refractivity contribution in [1.29, 1.82) is 0 Å². The number of carbonyl (C=O) groups is 2. The van der Waals surface area contributed by atoms with Crippen molar-refractivity contribution >= 4 is 17.7 Å². The molecule has 1 aliphatic heterocycles. The maximum Gasteiger partial charge on any atom is 0.331 e. The van der Waals surface area contributed by atoms with Crippen LogP contribution in [0, 0.1) is 0 Å². The summed E-state index contributed by atoms with van der Waals surface area (Å²) in [5, 5.41) is 1.61. The van der Waals surface area contributed by atoms with E-state index in [9.17, 15) is 9.59 Å². The summed E-state index contributed by atoms with van der Waals surface area (Å²) in [7, 11) is 1.54. The minimum absolute atomic E-state index is 0.154. The van der Waals surface area contributed by atoms with Crippen molar-refractivity contribution in [2.24, 2.45) is 0 Å². The Labute approximate surface area is 165 Å². The topological polar surface area (TPSA) is 62.3 Å². The Morgan fingerprint density at radius 1 is 1.00 bits per heavy atom. The Bertz CT molecular complexity index is 811. The van der Waals surface area contributed by atoms with Gasteiger partial charge in [-0.1, -0.05) is 48.5 Å². The largest absolute Gasteiger partial charge is 0.459 e. The molecule has 1 fully saturated rings. The van der Waals surface area contributed by atoms with Crippen LogP contribution in [0.5, 0.6) is 0 Å². The van der Waals surface area contributed by atoms with Crippen LogP contribution in [0.3, 0.4) is 0 Å². The van der Waals surface area contributed by atoms with Gasteiger partial charge in [-0.15, -0.1) is 5.06 Å². The summed E-state index contributed by atoms with van der Waals surface area (Å²) in [6.45, 7) is 3.94. The first-order valence-electron chi connectivity index (χ1n) is 9.08. The molecule has 2 amide bonds. The zero-order valence-corrected chi connectivity index (χ0v) is 16.4. The lowest BCUT2D eigenvalue weighted by atomic mass is 10.0. The first kappa shape index (κ1) is 19.9. The number of rotatable bonds is 6. The third kappa shape index (κ3) is 4.16. The normalized spacial score (nSPS) is 15.6. The van der Waals surface area contributed by atoms with Crippen LogP contribution < -0.4 is 4.90 Å². The summed E-state index contributed by atoms with van der Waals surface area (Å²) in [4.78, 5) is 34.4. The molecule has 1 saturated heterocycles. The van der Waals surface area contributed by atoms with Gasteiger partial charge in [0.2, 0.25) is 0 Å². The van der Waals surface area contributed by atoms with E-state index in [0.717, 1.165) is 11.3 Å². The molecule has 0 spiro atoms. The Kier molecular flexibility index (Phi) is 5.96. The van der Waals surface area contributed by atoms with Gasteiger partial charge >= 0.3 is 12.0 Å². The molecule has 1 heterocycles. The second-order valence-electron chi connectivity index (χ2n) is 7.04. The zero-order chi connectivity index (χ0) is 20.1. The molecule has 0 aromatic heterocycles. The third-order valence-electron chi connectivity index (χ3n) is 4.77. The van der Waals surface area contributed by atoms with Crippen LogP contribution >= 0.6 is 0 Å². The molecular formula is C21H25N3O4. The smallest absolute Gasteiger partial charge is 0.331 e. The number of para-hydroxylation sites is 1. The van der Waals surface area contributed by atoms with Crippen LogP contribution in [0.1, 0.15) is 19.4 Å². The lowest BCUT2D eigenvalue weighted by Crippen LogP contribution is -2.65. The van der Waals surface area contributed by atoms with Crippen LogP contribution in [-0.2, 0) is 21.0 Å². The van der Waals surface area contributed by atoms with Gasteiger partial charge in [-0.2, -0.15) is 0 Å². The van der Waals surface area contributed by atoms with Crippen molar-refractivity contribution in [3.05, 3.63) is 66.2 Å². The van der Waals surface area contributed by atoms with E-state index in [1.165, 1.54) is 12.0 Å². The fourth-order valence-electron chi connectivity index (χ4n) is 2.97. The number of hydrogen-bond acceptors (Lipinski definition) is 5. The maximum atomic E-state index is 13.2. The molecule has 2 aromatic carbocycles. The number of anilines is 1. The second kappa shape index (κ2) is 8.41. The molecule has 0 bridgehead atoms. The van der Waals surface area contributed by atoms with E-state index in [0.29, 0.717) is 0 Å². The molecule has 0 radical (unpaired) electrons. The maximum absolute atomic E-state index is 13.2. The summed E-state index contributed by atoms with van der Waals surface area (Å²) in [5.41, 5.74) is 0.449. The molecule has 1 aliphatic rings. The van der Waals surface area contributed by atoms with Gasteiger partial charge < -0.3 is 4.74 Å². The van der Waals surface area contributed by atoms with E-state index in [1.807, 2.05) is 60.7 Å². The van der Waals surface area contributed by atoms with Crippen molar-refractivity contribution in [3.8, 4) is 0 Å². The number of urea groups is 1. The van der Waals surface area contributed by atoms with Crippen molar-refractivity contribution in [3.63, 3.8) is 0 Å². The first-order valence-corrected chi connectivity index (χ1v) is 9.08. The minimum Gasteiger partial charge on any atom is -0.459 e. The Morgan fingerprint density at radius 2 is 1.61 bits per heavy atom. The lowest BCUT2D eigenvalue weighted by molar-refractivity contribution is -0.181. The predicted octanol–water partition coefficient (Wildman–Crippen LogP) is 3.23. The molecule has 0 atom stereocenters. The van der Waals surface area contributed by atoms with E-state index in [-0.39, 0.29) is 26.0 Å². The van der Waals surface area contributed by atoms with Crippen LogP contribution in [0.15, 0.2) is 60.7 Å². The molecule has 7 heteroatoms. The van der Waals surface area contributed by atoms with Gasteiger partial charge in [0.15, 0.2) is 0 Å². The van der Waals surface area contributed by atoms with Crippen molar-refractivity contribution in [1.82, 2.24) is 9.96 Å². The van der Waals surface area contributed by atoms with Gasteiger partial charge in [0, 0.05) is 5.69 Å². The van der Waals surface area contributed by atoms with Crippen LogP contribution in [-0.4, -0.2) is 47.9 Å². The highest BCUT2D eigenvalue weighted by Crippen LogP contribution is 2.27. The summed E-state index contributed by atoms with van der Waals surface area (Å²) in [6.07, 6.45) is 0. The van der Waals surface area contributed by atoms with E-state index in [4.69, 9.17) is 9.57 Å². The molecule has 148 valence electrons. The van der Waals surface area contributed by atoms with Gasteiger partial charge in [-0.25, -0.2) is 9.59 Å². The zero-order valence-electron chi connectivity index (χ0n) is 16.4. The average Bonchev–Trinajstić information content (AvgIpc) is 2.73. The molecule has 0 unspecified atom stereocenters. The second-order valence-corrected chi connectivity index (χ2v) is 7.04. The standard InChI is InChI=1S/C21H25N3O4/c1-21(2,19(25)28-14-17-10-6-4-7-11-17)24-16-22(27-3)15-23(20(24)26)18-12-8-5-9-13-18/h4-13H,14-16H2,1-3H3. The summed E-state index contributed by atoms with van der Waals surface area (Å²) in [5.74, 6) is -0.476. The molecule has 2 aromatic rings. The number of hydrogen-bond donors (Lipinski definition) is 0. The van der Waals surface area contributed by atoms with Crippen molar-refractivity contribution in [2.75, 3.05) is 25.3 Å². The fraction of sp³-hybridized carbons (Fsp3) is 0.333. The first-order chi connectivity index (χ1) is 13.4. The molecule has 7 nitrogen and oxygen atoms in total. The van der Waals surface area contributed by atoms with E-state index in [2.05, 4.69) is 0 Å². The Balaban J connectivity index is 1.78. The predicted molar refractivity (Wildman–Crippen MR) is 105 cm³/mol. The number of benzene rings is 2. The van der Waals surface area contributed by atoms with Gasteiger partial charge in [0.25, 0.3) is 0 Å². The molecule has 0 saturated carbocycles. The van der Waals surface area contributed by atoms with E-state index >= 15 is 0 Å². The van der Waals surface area contributed by atoms with Crippen LogP contribution in [0.2, 0.25) is 0 Å². The summed E-state index contributed by atoms with van der Waals surface area (Å²) in [6, 6.07) is 18.5. The summed E-state index contributed by atoms with van der Waals surface area (Å²) < 4.78 is 5.49. The number of esters is 1. The van der Waals surface area contributed by atoms with Gasteiger partial charge in [-0.3, -0.25) is 14.6 Å².